The molecule has 1 aliphatic rings. The molecule has 1 saturated heterocycles. The van der Waals surface area contributed by atoms with Crippen molar-refractivity contribution >= 4 is 29.0 Å². The molecule has 2 aromatic carbocycles. The summed E-state index contributed by atoms with van der Waals surface area (Å²) in [6.45, 7) is 3.00. The predicted molar refractivity (Wildman–Crippen MR) is 125 cm³/mol. The first-order chi connectivity index (χ1) is 15.3. The Morgan fingerprint density at radius 3 is 2.72 bits per heavy atom. The number of carbonyl (C=O) groups excluding carboxylic acids is 1. The van der Waals surface area contributed by atoms with Gasteiger partial charge >= 0.3 is 0 Å². The normalized spacial score (nSPS) is 17.3. The maximum atomic E-state index is 12.2. The molecule has 1 amide bonds. The minimum atomic E-state index is -0.787. The summed E-state index contributed by atoms with van der Waals surface area (Å²) in [5.74, 6) is 0.147. The molecule has 0 aliphatic carbocycles. The van der Waals surface area contributed by atoms with Gasteiger partial charge in [-0.1, -0.05) is 35.9 Å². The van der Waals surface area contributed by atoms with E-state index in [1.165, 1.54) is 0 Å². The molecule has 1 heterocycles. The van der Waals surface area contributed by atoms with Crippen molar-refractivity contribution in [1.82, 2.24) is 4.90 Å². The van der Waals surface area contributed by atoms with Gasteiger partial charge in [-0.25, -0.2) is 0 Å². The van der Waals surface area contributed by atoms with Gasteiger partial charge in [0.1, 0.15) is 22.9 Å². The van der Waals surface area contributed by atoms with Gasteiger partial charge in [0.05, 0.1) is 23.3 Å². The molecule has 1 aliphatic heterocycles. The van der Waals surface area contributed by atoms with Crippen molar-refractivity contribution in [3.8, 4) is 17.7 Å². The number of halogens is 1. The molecule has 0 radical (unpaired) electrons. The summed E-state index contributed by atoms with van der Waals surface area (Å²) in [6, 6.07) is 12.1. The van der Waals surface area contributed by atoms with E-state index in [-0.39, 0.29) is 23.1 Å². The van der Waals surface area contributed by atoms with Crippen molar-refractivity contribution < 1.29 is 9.53 Å². The van der Waals surface area contributed by atoms with Crippen LogP contribution < -0.4 is 21.9 Å². The second kappa shape index (κ2) is 10.1. The first kappa shape index (κ1) is 23.0. The molecule has 1 unspecified atom stereocenters. The number of likely N-dealkylation sites (tertiary alicyclic amines) is 1. The first-order valence-electron chi connectivity index (χ1n) is 10.1. The lowest BCUT2D eigenvalue weighted by molar-refractivity contribution is -0.114. The van der Waals surface area contributed by atoms with Gasteiger partial charge in [0.15, 0.2) is 6.19 Å². The Bertz CT molecular complexity index is 1120. The third-order valence-electron chi connectivity index (χ3n) is 5.16. The van der Waals surface area contributed by atoms with E-state index in [1.807, 2.05) is 19.1 Å². The highest BCUT2D eigenvalue weighted by atomic mass is 35.5. The molecule has 3 rings (SSSR count). The number of aliphatic imine (C=N–C) groups is 1. The zero-order chi connectivity index (χ0) is 23.3. The van der Waals surface area contributed by atoms with E-state index in [1.54, 1.807) is 35.2 Å². The van der Waals surface area contributed by atoms with Gasteiger partial charge in [-0.15, -0.1) is 0 Å². The number of hydrogen-bond donors (Lipinski definition) is 3. The van der Waals surface area contributed by atoms with Crippen LogP contribution >= 0.6 is 11.6 Å². The smallest absolute Gasteiger partial charge is 0.254 e. The van der Waals surface area contributed by atoms with Crippen molar-refractivity contribution in [3.05, 3.63) is 64.2 Å². The molecule has 9 heteroatoms. The number of carbonyl (C=O) groups is 1. The number of ether oxygens (including phenoxy) is 1. The Labute approximate surface area is 191 Å². The summed E-state index contributed by atoms with van der Waals surface area (Å²) in [4.78, 5) is 18.2. The Morgan fingerprint density at radius 2 is 2.00 bits per heavy atom. The van der Waals surface area contributed by atoms with Crippen LogP contribution in [-0.2, 0) is 4.79 Å². The van der Waals surface area contributed by atoms with Crippen LogP contribution in [0.5, 0.6) is 11.5 Å². The maximum absolute atomic E-state index is 12.2. The van der Waals surface area contributed by atoms with Gasteiger partial charge in [-0.2, -0.15) is 5.26 Å². The third kappa shape index (κ3) is 5.31. The highest BCUT2D eigenvalue weighted by Crippen LogP contribution is 2.32. The van der Waals surface area contributed by atoms with Crippen LogP contribution in [0.1, 0.15) is 24.0 Å². The lowest BCUT2D eigenvalue weighted by Crippen LogP contribution is -2.37. The number of nitrogens with zero attached hydrogens (tertiary/aromatic N) is 3. The molecule has 1 fully saturated rings. The monoisotopic (exact) mass is 452 g/mol. The lowest BCUT2D eigenvalue weighted by atomic mass is 10.0. The van der Waals surface area contributed by atoms with E-state index >= 15 is 0 Å². The highest BCUT2D eigenvalue weighted by molar-refractivity contribution is 6.32. The lowest BCUT2D eigenvalue weighted by Gasteiger charge is -2.26. The molecule has 8 nitrogen and oxygen atoms in total. The maximum Gasteiger partial charge on any atom is 0.254 e. The fraction of sp³-hybridized carbons (Fsp3) is 0.261. The summed E-state index contributed by atoms with van der Waals surface area (Å²) in [5.41, 5.74) is 19.4. The number of amides is 1. The number of primary amides is 1. The zero-order valence-electron chi connectivity index (χ0n) is 17.7. The van der Waals surface area contributed by atoms with E-state index in [4.69, 9.17) is 38.8 Å². The van der Waals surface area contributed by atoms with Crippen molar-refractivity contribution in [2.75, 3.05) is 13.1 Å². The Kier molecular flexibility index (Phi) is 7.23. The second-order valence-corrected chi connectivity index (χ2v) is 7.90. The number of amidine groups is 1. The molecule has 0 saturated carbocycles. The fourth-order valence-corrected chi connectivity index (χ4v) is 3.67. The van der Waals surface area contributed by atoms with Crippen molar-refractivity contribution in [2.24, 2.45) is 22.2 Å². The molecule has 1 atom stereocenters. The predicted octanol–water partition coefficient (Wildman–Crippen LogP) is 2.90. The average molecular weight is 453 g/mol. The van der Waals surface area contributed by atoms with Crippen LogP contribution in [0.25, 0.3) is 5.70 Å². The molecule has 32 heavy (non-hydrogen) atoms. The van der Waals surface area contributed by atoms with E-state index in [0.29, 0.717) is 35.2 Å². The van der Waals surface area contributed by atoms with E-state index in [0.717, 1.165) is 18.4 Å². The van der Waals surface area contributed by atoms with Crippen molar-refractivity contribution in [1.29, 1.82) is 5.26 Å². The largest absolute Gasteiger partial charge is 0.456 e. The molecule has 0 bridgehead atoms. The number of aryl methyl sites for hydroxylation is 1. The van der Waals surface area contributed by atoms with Crippen LogP contribution in [0.3, 0.4) is 0 Å². The van der Waals surface area contributed by atoms with Gasteiger partial charge in [-0.3, -0.25) is 9.79 Å². The van der Waals surface area contributed by atoms with Gasteiger partial charge in [0.2, 0.25) is 0 Å². The minimum absolute atomic E-state index is 0.0483. The van der Waals surface area contributed by atoms with Crippen LogP contribution in [0.2, 0.25) is 5.02 Å². The van der Waals surface area contributed by atoms with Crippen LogP contribution in [0, 0.1) is 18.4 Å². The molecule has 2 aromatic rings. The second-order valence-electron chi connectivity index (χ2n) is 7.53. The number of rotatable bonds is 6. The number of nitrogens with two attached hydrogens (primary N) is 3. The van der Waals surface area contributed by atoms with Gasteiger partial charge in [0.25, 0.3) is 5.91 Å². The summed E-state index contributed by atoms with van der Waals surface area (Å²) < 4.78 is 5.90. The van der Waals surface area contributed by atoms with E-state index < -0.39 is 5.91 Å². The standard InChI is InChI=1S/C23H25ClN6O2/c1-14-5-2-9-18(20(14)24)32-17-8-3-6-15(11-17)21(26)19(23(28)31)22(27)29-16-7-4-10-30(12-16)13-25/h2-3,5-6,8-9,11,16H,4,7,10,12,26H2,1H3,(H2,27,29)(H2,28,31). The van der Waals surface area contributed by atoms with Crippen LogP contribution in [-0.4, -0.2) is 35.8 Å². The molecule has 0 spiro atoms. The number of nitriles is 1. The first-order valence-corrected chi connectivity index (χ1v) is 10.5. The average Bonchev–Trinajstić information content (AvgIpc) is 2.77. The summed E-state index contributed by atoms with van der Waals surface area (Å²) in [7, 11) is 0. The van der Waals surface area contributed by atoms with Gasteiger partial charge in [-0.05, 0) is 43.5 Å². The Morgan fingerprint density at radius 1 is 1.25 bits per heavy atom. The van der Waals surface area contributed by atoms with Gasteiger partial charge in [0, 0.05) is 12.1 Å². The van der Waals surface area contributed by atoms with Crippen LogP contribution in [0.4, 0.5) is 0 Å². The minimum Gasteiger partial charge on any atom is -0.456 e. The molecule has 6 N–H and O–H groups in total. The quantitative estimate of drug-likeness (QED) is 0.266. The Hall–Kier alpha value is -3.70. The van der Waals surface area contributed by atoms with Gasteiger partial charge < -0.3 is 26.8 Å². The molecular weight excluding hydrogens is 428 g/mol. The number of piperidine rings is 1. The van der Waals surface area contributed by atoms with E-state index in [9.17, 15) is 4.79 Å². The topological polar surface area (TPSA) is 144 Å². The highest BCUT2D eigenvalue weighted by Gasteiger charge is 2.22. The fourth-order valence-electron chi connectivity index (χ4n) is 3.51. The number of hydrogen-bond acceptors (Lipinski definition) is 6. The molecular formula is C23H25ClN6O2. The zero-order valence-corrected chi connectivity index (χ0v) is 18.5. The molecule has 166 valence electrons. The summed E-state index contributed by atoms with van der Waals surface area (Å²) in [6.07, 6.45) is 3.67. The molecule has 0 aromatic heterocycles. The summed E-state index contributed by atoms with van der Waals surface area (Å²) in [5, 5.41) is 9.62. The summed E-state index contributed by atoms with van der Waals surface area (Å²) >= 11 is 6.32. The SMILES string of the molecule is Cc1cccc(Oc2cccc(C(N)=C(C(N)=O)C(N)=NC3CCCN(C#N)C3)c2)c1Cl. The van der Waals surface area contributed by atoms with Crippen molar-refractivity contribution in [3.63, 3.8) is 0 Å². The number of benzene rings is 2. The van der Waals surface area contributed by atoms with E-state index in [2.05, 4.69) is 11.2 Å². The third-order valence-corrected chi connectivity index (χ3v) is 5.65. The van der Waals surface area contributed by atoms with Crippen molar-refractivity contribution in [2.45, 2.75) is 25.8 Å². The Balaban J connectivity index is 1.92. The van der Waals surface area contributed by atoms with Crippen LogP contribution in [0.15, 0.2) is 53.0 Å².